The maximum atomic E-state index is 12.1. The molecule has 3 amide bonds. The maximum absolute atomic E-state index is 12.1. The number of esters is 1. The van der Waals surface area contributed by atoms with Crippen LogP contribution in [0.1, 0.15) is 35.6 Å². The molecule has 0 fully saturated rings. The number of rotatable bonds is 6. The lowest BCUT2D eigenvalue weighted by Gasteiger charge is -2.09. The molecule has 1 aromatic carbocycles. The molecule has 0 saturated carbocycles. The van der Waals surface area contributed by atoms with Gasteiger partial charge >= 0.3 is 12.0 Å². The molecular weight excluding hydrogens is 384 g/mol. The number of aryl methyl sites for hydroxylation is 1. The molecule has 0 unspecified atom stereocenters. The summed E-state index contributed by atoms with van der Waals surface area (Å²) in [5.41, 5.74) is 2.52. The Balaban J connectivity index is 1.90. The molecule has 0 saturated heterocycles. The Morgan fingerprint density at radius 1 is 1.18 bits per heavy atom. The van der Waals surface area contributed by atoms with Gasteiger partial charge in [-0.1, -0.05) is 25.4 Å². The van der Waals surface area contributed by atoms with E-state index in [9.17, 15) is 14.4 Å². The van der Waals surface area contributed by atoms with E-state index in [4.69, 9.17) is 16.3 Å². The zero-order chi connectivity index (χ0) is 20.8. The summed E-state index contributed by atoms with van der Waals surface area (Å²) in [6.07, 6.45) is 0. The molecule has 1 aromatic heterocycles. The number of carbonyl (C=O) groups excluding carboxylic acids is 3. The first-order valence-electron chi connectivity index (χ1n) is 8.76. The third kappa shape index (κ3) is 5.56. The highest BCUT2D eigenvalue weighted by Gasteiger charge is 2.14. The van der Waals surface area contributed by atoms with Gasteiger partial charge in [-0.25, -0.2) is 14.3 Å². The van der Waals surface area contributed by atoms with E-state index in [0.717, 1.165) is 11.4 Å². The zero-order valence-corrected chi connectivity index (χ0v) is 17.0. The van der Waals surface area contributed by atoms with Crippen molar-refractivity contribution >= 4 is 29.5 Å². The number of amides is 3. The highest BCUT2D eigenvalue weighted by molar-refractivity contribution is 6.31. The standard InChI is InChI=1S/C19H23ClN4O4/c1-11(2)9-21-19(27)22-16(25)10-28-18(26)14-5-7-15(8-6-14)24-13(4)17(20)12(3)23-24/h5-8,11H,9-10H2,1-4H3,(H2,21,22,25,27). The molecule has 1 heterocycles. The van der Waals surface area contributed by atoms with Crippen molar-refractivity contribution in [2.45, 2.75) is 27.7 Å². The normalized spacial score (nSPS) is 10.6. The molecule has 0 atom stereocenters. The summed E-state index contributed by atoms with van der Waals surface area (Å²) in [7, 11) is 0. The van der Waals surface area contributed by atoms with Gasteiger partial charge in [0.1, 0.15) is 0 Å². The zero-order valence-electron chi connectivity index (χ0n) is 16.2. The van der Waals surface area contributed by atoms with Crippen LogP contribution in [0.2, 0.25) is 5.02 Å². The van der Waals surface area contributed by atoms with E-state index in [-0.39, 0.29) is 11.5 Å². The second-order valence-electron chi connectivity index (χ2n) is 6.67. The van der Waals surface area contributed by atoms with Crippen LogP contribution in [-0.2, 0) is 9.53 Å². The molecule has 28 heavy (non-hydrogen) atoms. The largest absolute Gasteiger partial charge is 0.452 e. The molecule has 2 N–H and O–H groups in total. The predicted octanol–water partition coefficient (Wildman–Crippen LogP) is 2.78. The van der Waals surface area contributed by atoms with Crippen LogP contribution >= 0.6 is 11.6 Å². The summed E-state index contributed by atoms with van der Waals surface area (Å²) in [5.74, 6) is -1.12. The second-order valence-corrected chi connectivity index (χ2v) is 7.05. The summed E-state index contributed by atoms with van der Waals surface area (Å²) in [6, 6.07) is 5.91. The smallest absolute Gasteiger partial charge is 0.338 e. The lowest BCUT2D eigenvalue weighted by atomic mass is 10.2. The van der Waals surface area contributed by atoms with E-state index < -0.39 is 24.5 Å². The number of nitrogens with zero attached hydrogens (tertiary/aromatic N) is 2. The quantitative estimate of drug-likeness (QED) is 0.718. The van der Waals surface area contributed by atoms with E-state index in [2.05, 4.69) is 15.7 Å². The van der Waals surface area contributed by atoms with Crippen molar-refractivity contribution in [3.8, 4) is 5.69 Å². The van der Waals surface area contributed by atoms with Crippen molar-refractivity contribution in [2.24, 2.45) is 5.92 Å². The lowest BCUT2D eigenvalue weighted by Crippen LogP contribution is -2.42. The molecular formula is C19H23ClN4O4. The molecule has 0 aliphatic carbocycles. The Hall–Kier alpha value is -2.87. The number of imide groups is 1. The van der Waals surface area contributed by atoms with Gasteiger partial charge in [0.25, 0.3) is 5.91 Å². The number of hydrogen-bond donors (Lipinski definition) is 2. The summed E-state index contributed by atoms with van der Waals surface area (Å²) in [4.78, 5) is 35.2. The molecule has 0 aliphatic heterocycles. The molecule has 150 valence electrons. The van der Waals surface area contributed by atoms with Gasteiger partial charge in [-0.05, 0) is 44.0 Å². The van der Waals surface area contributed by atoms with E-state index in [1.807, 2.05) is 27.7 Å². The lowest BCUT2D eigenvalue weighted by molar-refractivity contribution is -0.123. The topological polar surface area (TPSA) is 102 Å². The van der Waals surface area contributed by atoms with E-state index in [1.165, 1.54) is 0 Å². The van der Waals surface area contributed by atoms with Gasteiger partial charge in [-0.2, -0.15) is 5.10 Å². The molecule has 9 heteroatoms. The van der Waals surface area contributed by atoms with Crippen molar-refractivity contribution < 1.29 is 19.1 Å². The van der Waals surface area contributed by atoms with Gasteiger partial charge in [0.15, 0.2) is 6.61 Å². The van der Waals surface area contributed by atoms with Crippen LogP contribution in [0.5, 0.6) is 0 Å². The second kappa shape index (κ2) is 9.36. The average molecular weight is 407 g/mol. The first-order valence-corrected chi connectivity index (χ1v) is 9.13. The Kier molecular flexibility index (Phi) is 7.17. The third-order valence-electron chi connectivity index (χ3n) is 3.81. The van der Waals surface area contributed by atoms with E-state index in [1.54, 1.807) is 28.9 Å². The summed E-state index contributed by atoms with van der Waals surface area (Å²) in [5, 5.41) is 9.57. The fourth-order valence-electron chi connectivity index (χ4n) is 2.33. The number of nitrogens with one attached hydrogen (secondary N) is 2. The van der Waals surface area contributed by atoms with Crippen molar-refractivity contribution in [3.05, 3.63) is 46.2 Å². The Morgan fingerprint density at radius 3 is 2.36 bits per heavy atom. The summed E-state index contributed by atoms with van der Waals surface area (Å²) in [6.45, 7) is 7.40. The minimum Gasteiger partial charge on any atom is -0.452 e. The molecule has 2 rings (SSSR count). The predicted molar refractivity (Wildman–Crippen MR) is 105 cm³/mol. The van der Waals surface area contributed by atoms with Crippen molar-refractivity contribution in [1.29, 1.82) is 0 Å². The summed E-state index contributed by atoms with van der Waals surface area (Å²) < 4.78 is 6.61. The SMILES string of the molecule is Cc1nn(-c2ccc(C(=O)OCC(=O)NC(=O)NCC(C)C)cc2)c(C)c1Cl. The van der Waals surface area contributed by atoms with E-state index >= 15 is 0 Å². The first kappa shape index (κ1) is 21.4. The van der Waals surface area contributed by atoms with Crippen LogP contribution in [0.25, 0.3) is 5.69 Å². The Morgan fingerprint density at radius 2 is 1.82 bits per heavy atom. The first-order chi connectivity index (χ1) is 13.2. The fraction of sp³-hybridized carbons (Fsp3) is 0.368. The third-order valence-corrected chi connectivity index (χ3v) is 4.36. The minimum atomic E-state index is -0.705. The van der Waals surface area contributed by atoms with Crippen LogP contribution in [0.4, 0.5) is 4.79 Å². The highest BCUT2D eigenvalue weighted by atomic mass is 35.5. The summed E-state index contributed by atoms with van der Waals surface area (Å²) >= 11 is 6.15. The molecule has 0 aliphatic rings. The van der Waals surface area contributed by atoms with Crippen LogP contribution in [-0.4, -0.2) is 40.8 Å². The number of carbonyl (C=O) groups is 3. The number of aromatic nitrogens is 2. The van der Waals surface area contributed by atoms with Gasteiger partial charge in [0, 0.05) is 6.54 Å². The van der Waals surface area contributed by atoms with Crippen molar-refractivity contribution in [3.63, 3.8) is 0 Å². The Bertz CT molecular complexity index is 875. The van der Waals surface area contributed by atoms with Crippen LogP contribution < -0.4 is 10.6 Å². The van der Waals surface area contributed by atoms with Crippen molar-refractivity contribution in [2.75, 3.05) is 13.2 Å². The number of urea groups is 1. The number of hydrogen-bond acceptors (Lipinski definition) is 5. The van der Waals surface area contributed by atoms with Gasteiger partial charge in [-0.3, -0.25) is 10.1 Å². The number of halogens is 1. The van der Waals surface area contributed by atoms with Crippen LogP contribution in [0.15, 0.2) is 24.3 Å². The van der Waals surface area contributed by atoms with Gasteiger partial charge in [0.05, 0.1) is 27.7 Å². The average Bonchev–Trinajstić information content (AvgIpc) is 2.92. The molecule has 2 aromatic rings. The molecule has 0 bridgehead atoms. The van der Waals surface area contributed by atoms with Gasteiger partial charge < -0.3 is 10.1 Å². The Labute approximate surface area is 168 Å². The van der Waals surface area contributed by atoms with Gasteiger partial charge in [-0.15, -0.1) is 0 Å². The van der Waals surface area contributed by atoms with E-state index in [0.29, 0.717) is 17.3 Å². The monoisotopic (exact) mass is 406 g/mol. The van der Waals surface area contributed by atoms with Crippen LogP contribution in [0, 0.1) is 19.8 Å². The molecule has 0 radical (unpaired) electrons. The fourth-order valence-corrected chi connectivity index (χ4v) is 2.45. The number of ether oxygens (including phenoxy) is 1. The molecule has 0 spiro atoms. The maximum Gasteiger partial charge on any atom is 0.338 e. The molecule has 8 nitrogen and oxygen atoms in total. The minimum absolute atomic E-state index is 0.257. The van der Waals surface area contributed by atoms with Crippen LogP contribution in [0.3, 0.4) is 0 Å². The van der Waals surface area contributed by atoms with Gasteiger partial charge in [0.2, 0.25) is 0 Å². The van der Waals surface area contributed by atoms with Crippen molar-refractivity contribution in [1.82, 2.24) is 20.4 Å². The number of benzene rings is 1. The highest BCUT2D eigenvalue weighted by Crippen LogP contribution is 2.22.